The first kappa shape index (κ1) is 41.3. The highest BCUT2D eigenvalue weighted by Gasteiger charge is 2.24. The summed E-state index contributed by atoms with van der Waals surface area (Å²) in [6.45, 7) is 24.0. The summed E-state index contributed by atoms with van der Waals surface area (Å²) in [5.74, 6) is 0. The lowest BCUT2D eigenvalue weighted by atomic mass is 9.92. The van der Waals surface area contributed by atoms with Crippen LogP contribution >= 0.6 is 0 Å². The highest BCUT2D eigenvalue weighted by Crippen LogP contribution is 2.47. The highest BCUT2D eigenvalue weighted by molar-refractivity contribution is 6.13. The van der Waals surface area contributed by atoms with Crippen LogP contribution in [0.2, 0.25) is 0 Å². The van der Waals surface area contributed by atoms with Gasteiger partial charge in [-0.3, -0.25) is 0 Å². The Bertz CT molecular complexity index is 3920. The molecule has 0 saturated carbocycles. The first-order chi connectivity index (χ1) is 32.5. The van der Waals surface area contributed by atoms with Gasteiger partial charge in [0, 0.05) is 32.8 Å². The van der Waals surface area contributed by atoms with E-state index < -0.39 is 0 Å². The number of nitrogens with zero attached hydrogens (tertiary/aromatic N) is 4. The Morgan fingerprint density at radius 3 is 1.43 bits per heavy atom. The number of rotatable bonds is 6. The minimum Gasteiger partial charge on any atom is -0.310 e. The summed E-state index contributed by atoms with van der Waals surface area (Å²) >= 11 is 0. The molecule has 2 heterocycles. The molecule has 9 aromatic carbocycles. The van der Waals surface area contributed by atoms with Crippen molar-refractivity contribution in [2.45, 2.75) is 48.5 Å². The molecule has 0 spiro atoms. The van der Waals surface area contributed by atoms with E-state index in [0.717, 1.165) is 77.4 Å². The van der Waals surface area contributed by atoms with Crippen LogP contribution in [0.15, 0.2) is 164 Å². The van der Waals surface area contributed by atoms with Gasteiger partial charge < -0.3 is 9.13 Å². The molecule has 4 nitrogen and oxygen atoms in total. The summed E-state index contributed by atoms with van der Waals surface area (Å²) < 4.78 is 4.75. The summed E-state index contributed by atoms with van der Waals surface area (Å²) in [6, 6.07) is 61.2. The lowest BCUT2D eigenvalue weighted by molar-refractivity contribution is 1.16. The van der Waals surface area contributed by atoms with Crippen molar-refractivity contribution >= 4 is 49.3 Å². The second-order valence-electron chi connectivity index (χ2n) is 18.4. The molecule has 11 rings (SSSR count). The summed E-state index contributed by atoms with van der Waals surface area (Å²) in [5, 5.41) is 14.4. The Labute approximate surface area is 392 Å². The van der Waals surface area contributed by atoms with Crippen molar-refractivity contribution in [2.24, 2.45) is 0 Å². The lowest BCUT2D eigenvalue weighted by Gasteiger charge is -2.21. The second kappa shape index (κ2) is 15.9. The van der Waals surface area contributed by atoms with Gasteiger partial charge in [0.05, 0.1) is 46.0 Å². The van der Waals surface area contributed by atoms with E-state index in [1.807, 2.05) is 30.3 Å². The van der Waals surface area contributed by atoms with Crippen LogP contribution in [0.4, 0.5) is 5.69 Å². The third kappa shape index (κ3) is 6.64. The van der Waals surface area contributed by atoms with E-state index in [2.05, 4.69) is 202 Å². The van der Waals surface area contributed by atoms with E-state index in [4.69, 9.17) is 6.57 Å². The van der Waals surface area contributed by atoms with Crippen LogP contribution in [-0.2, 0) is 0 Å². The maximum atomic E-state index is 9.80. The fourth-order valence-corrected chi connectivity index (χ4v) is 11.3. The van der Waals surface area contributed by atoms with Gasteiger partial charge in [-0.1, -0.05) is 108 Å². The molecule has 0 aliphatic heterocycles. The third-order valence-electron chi connectivity index (χ3n) is 13.8. The van der Waals surface area contributed by atoms with Crippen LogP contribution in [0, 0.1) is 66.4 Å². The van der Waals surface area contributed by atoms with Gasteiger partial charge in [0.2, 0.25) is 0 Å². The molecule has 0 aliphatic carbocycles. The largest absolute Gasteiger partial charge is 0.310 e. The fraction of sp³-hybridized carbons (Fsp3) is 0.111. The van der Waals surface area contributed by atoms with Crippen molar-refractivity contribution in [1.82, 2.24) is 9.13 Å². The Morgan fingerprint density at radius 2 is 0.910 bits per heavy atom. The lowest BCUT2D eigenvalue weighted by Crippen LogP contribution is -2.02. The predicted octanol–water partition coefficient (Wildman–Crippen LogP) is 17.1. The van der Waals surface area contributed by atoms with E-state index in [-0.39, 0.29) is 0 Å². The van der Waals surface area contributed by atoms with Gasteiger partial charge in [0.25, 0.3) is 0 Å². The minimum absolute atomic E-state index is 0.564. The van der Waals surface area contributed by atoms with Crippen LogP contribution < -0.4 is 0 Å². The zero-order valence-corrected chi connectivity index (χ0v) is 38.9. The van der Waals surface area contributed by atoms with Gasteiger partial charge in [-0.05, 0) is 182 Å². The number of fused-ring (bicyclic) bond motifs is 6. The van der Waals surface area contributed by atoms with Crippen molar-refractivity contribution < 1.29 is 0 Å². The van der Waals surface area contributed by atoms with Crippen molar-refractivity contribution in [3.8, 4) is 62.0 Å². The van der Waals surface area contributed by atoms with Crippen LogP contribution in [0.3, 0.4) is 0 Å². The quantitative estimate of drug-likeness (QED) is 0.154. The Morgan fingerprint density at radius 1 is 0.403 bits per heavy atom. The fourth-order valence-electron chi connectivity index (χ4n) is 11.3. The number of aryl methyl sites for hydroxylation is 7. The zero-order valence-electron chi connectivity index (χ0n) is 38.9. The van der Waals surface area contributed by atoms with E-state index >= 15 is 0 Å². The summed E-state index contributed by atoms with van der Waals surface area (Å²) in [7, 11) is 0. The topological polar surface area (TPSA) is 38.0 Å². The van der Waals surface area contributed by atoms with Crippen molar-refractivity contribution in [2.75, 3.05) is 0 Å². The Hall–Kier alpha value is -8.44. The van der Waals surface area contributed by atoms with Crippen molar-refractivity contribution in [3.63, 3.8) is 0 Å². The number of benzene rings is 9. The molecule has 0 atom stereocenters. The average molecular weight is 861 g/mol. The average Bonchev–Trinajstić information content (AvgIpc) is 3.82. The van der Waals surface area contributed by atoms with Gasteiger partial charge in [-0.2, -0.15) is 5.26 Å². The maximum absolute atomic E-state index is 9.80. The number of para-hydroxylation sites is 2. The molecule has 0 unspecified atom stereocenters. The Kier molecular flexibility index (Phi) is 9.81. The number of nitriles is 1. The highest BCUT2D eigenvalue weighted by atomic mass is 15.0. The summed E-state index contributed by atoms with van der Waals surface area (Å²) in [5.41, 5.74) is 24.8. The first-order valence-corrected chi connectivity index (χ1v) is 22.9. The monoisotopic (exact) mass is 860 g/mol. The van der Waals surface area contributed by atoms with Crippen LogP contribution in [0.5, 0.6) is 0 Å². The second-order valence-corrected chi connectivity index (χ2v) is 18.4. The zero-order chi connectivity index (χ0) is 46.2. The van der Waals surface area contributed by atoms with Crippen molar-refractivity contribution in [3.05, 3.63) is 220 Å². The molecule has 67 heavy (non-hydrogen) atoms. The maximum Gasteiger partial charge on any atom is 0.197 e. The van der Waals surface area contributed by atoms with Crippen LogP contribution in [-0.4, -0.2) is 9.13 Å². The standard InChI is InChI=1S/C63H48N4/c1-37-28-40(4)61(41(5)29-37)46-22-26-57-51(34-46)49-14-9-11-17-55(49)66(57)59-25-21-45(48-24-20-44(36-64)32-39(48)3)33-53(59)63-54(65-8)16-13-19-60(63)67-56-18-12-10-15-50(56)52-35-47(23-27-58(52)67)62-42(6)30-38(2)31-43(62)7/h9-35H,1-7H3. The molecule has 11 aromatic rings. The summed E-state index contributed by atoms with van der Waals surface area (Å²) in [6.07, 6.45) is 0. The molecule has 2 aromatic heterocycles. The number of aromatic nitrogens is 2. The molecule has 0 amide bonds. The molecular formula is C63H48N4. The van der Waals surface area contributed by atoms with Gasteiger partial charge in [0.15, 0.2) is 5.69 Å². The molecule has 0 radical (unpaired) electrons. The molecular weight excluding hydrogens is 813 g/mol. The number of hydrogen-bond donors (Lipinski definition) is 0. The predicted molar refractivity (Wildman–Crippen MR) is 281 cm³/mol. The first-order valence-electron chi connectivity index (χ1n) is 22.9. The molecule has 0 saturated heterocycles. The molecule has 4 heteroatoms. The van der Waals surface area contributed by atoms with E-state index in [1.54, 1.807) is 0 Å². The molecule has 0 N–H and O–H groups in total. The smallest absolute Gasteiger partial charge is 0.197 e. The molecule has 0 bridgehead atoms. The van der Waals surface area contributed by atoms with Gasteiger partial charge in [-0.15, -0.1) is 0 Å². The molecule has 0 fully saturated rings. The van der Waals surface area contributed by atoms with Crippen LogP contribution in [0.1, 0.15) is 44.5 Å². The van der Waals surface area contributed by atoms with Gasteiger partial charge in [0.1, 0.15) is 0 Å². The van der Waals surface area contributed by atoms with Gasteiger partial charge >= 0.3 is 0 Å². The third-order valence-corrected chi connectivity index (χ3v) is 13.8. The van der Waals surface area contributed by atoms with E-state index in [1.165, 1.54) is 61.0 Å². The van der Waals surface area contributed by atoms with Gasteiger partial charge in [-0.25, -0.2) is 4.85 Å². The van der Waals surface area contributed by atoms with Crippen LogP contribution in [0.25, 0.3) is 104 Å². The summed E-state index contributed by atoms with van der Waals surface area (Å²) in [4.78, 5) is 4.31. The van der Waals surface area contributed by atoms with E-state index in [9.17, 15) is 5.26 Å². The Balaban J connectivity index is 1.22. The number of hydrogen-bond acceptors (Lipinski definition) is 1. The molecule has 320 valence electrons. The minimum atomic E-state index is 0.564. The SMILES string of the molecule is [C-]#[N+]c1cccc(-n2c3ccccc3c3cc(-c4c(C)cc(C)cc4C)ccc32)c1-c1cc(-c2ccc(C#N)cc2C)ccc1-n1c2ccccc2c2cc(-c3c(C)cc(C)cc3C)ccc21. The normalized spacial score (nSPS) is 11.5. The molecule has 0 aliphatic rings. The van der Waals surface area contributed by atoms with E-state index in [0.29, 0.717) is 11.3 Å². The van der Waals surface area contributed by atoms with Crippen molar-refractivity contribution in [1.29, 1.82) is 5.26 Å².